The second-order valence-electron chi connectivity index (χ2n) is 4.10. The fourth-order valence-electron chi connectivity index (χ4n) is 2.18. The zero-order chi connectivity index (χ0) is 9.52. The summed E-state index contributed by atoms with van der Waals surface area (Å²) >= 11 is 0. The molecule has 2 heteroatoms. The maximum atomic E-state index is 9.81. The lowest BCUT2D eigenvalue weighted by Crippen LogP contribution is -2.17. The molecule has 0 aromatic rings. The molecule has 1 fully saturated rings. The maximum absolute atomic E-state index is 9.81. The molecule has 0 heterocycles. The smallest absolute Gasteiger partial charge is 0.0568 e. The first-order valence-electron chi connectivity index (χ1n) is 5.51. The van der Waals surface area contributed by atoms with Crippen LogP contribution in [0.25, 0.3) is 0 Å². The normalized spacial score (nSPS) is 20.8. The number of methoxy groups -OCH3 is 1. The van der Waals surface area contributed by atoms with Crippen LogP contribution in [0.5, 0.6) is 0 Å². The van der Waals surface area contributed by atoms with Crippen LogP contribution in [0.4, 0.5) is 0 Å². The summed E-state index contributed by atoms with van der Waals surface area (Å²) in [7, 11) is 1.73. The Morgan fingerprint density at radius 2 is 2.00 bits per heavy atom. The van der Waals surface area contributed by atoms with E-state index < -0.39 is 0 Å². The van der Waals surface area contributed by atoms with Crippen molar-refractivity contribution >= 4 is 0 Å². The number of hydrogen-bond donors (Lipinski definition) is 1. The van der Waals surface area contributed by atoms with Crippen molar-refractivity contribution in [2.45, 2.75) is 51.0 Å². The molecule has 0 bridgehead atoms. The highest BCUT2D eigenvalue weighted by Gasteiger charge is 2.22. The Labute approximate surface area is 81.3 Å². The van der Waals surface area contributed by atoms with E-state index in [4.69, 9.17) is 4.74 Å². The van der Waals surface area contributed by atoms with E-state index in [1.54, 1.807) is 7.11 Å². The lowest BCUT2D eigenvalue weighted by molar-refractivity contribution is 0.0953. The Hall–Kier alpha value is -0.0800. The van der Waals surface area contributed by atoms with Crippen LogP contribution in [0.15, 0.2) is 0 Å². The van der Waals surface area contributed by atoms with Crippen LogP contribution in [0, 0.1) is 5.92 Å². The summed E-state index contributed by atoms with van der Waals surface area (Å²) in [6.45, 7) is 0.831. The lowest BCUT2D eigenvalue weighted by atomic mass is 9.96. The van der Waals surface area contributed by atoms with E-state index in [0.29, 0.717) is 5.92 Å². The quantitative estimate of drug-likeness (QED) is 0.645. The summed E-state index contributed by atoms with van der Waals surface area (Å²) in [5, 5.41) is 9.81. The molecule has 0 aliphatic heterocycles. The molecule has 0 spiro atoms. The first-order chi connectivity index (χ1) is 6.34. The largest absolute Gasteiger partial charge is 0.393 e. The Morgan fingerprint density at radius 1 is 1.31 bits per heavy atom. The maximum Gasteiger partial charge on any atom is 0.0568 e. The predicted molar refractivity (Wildman–Crippen MR) is 53.7 cm³/mol. The van der Waals surface area contributed by atoms with Crippen LogP contribution in [-0.2, 0) is 4.74 Å². The number of unbranched alkanes of at least 4 members (excludes halogenated alkanes) is 1. The molecule has 1 aliphatic carbocycles. The molecule has 1 N–H and O–H groups in total. The Morgan fingerprint density at radius 3 is 2.62 bits per heavy atom. The second-order valence-corrected chi connectivity index (χ2v) is 4.10. The zero-order valence-electron chi connectivity index (χ0n) is 8.67. The van der Waals surface area contributed by atoms with Gasteiger partial charge >= 0.3 is 0 Å². The van der Waals surface area contributed by atoms with E-state index in [1.165, 1.54) is 25.7 Å². The zero-order valence-corrected chi connectivity index (χ0v) is 8.67. The fourth-order valence-corrected chi connectivity index (χ4v) is 2.18. The SMILES string of the molecule is COCCCCC(O)C1CCCC1. The number of aliphatic hydroxyl groups is 1. The van der Waals surface area contributed by atoms with Gasteiger partial charge in [0.15, 0.2) is 0 Å². The Bertz CT molecular complexity index is 119. The molecule has 1 unspecified atom stereocenters. The number of rotatable bonds is 6. The van der Waals surface area contributed by atoms with Gasteiger partial charge in [-0.15, -0.1) is 0 Å². The highest BCUT2D eigenvalue weighted by atomic mass is 16.5. The van der Waals surface area contributed by atoms with E-state index in [1.807, 2.05) is 0 Å². The highest BCUT2D eigenvalue weighted by Crippen LogP contribution is 2.29. The first kappa shape index (κ1) is 11.0. The molecule has 0 saturated heterocycles. The summed E-state index contributed by atoms with van der Waals surface area (Å²) in [6, 6.07) is 0. The standard InChI is InChI=1S/C11H22O2/c1-13-9-5-4-8-11(12)10-6-2-3-7-10/h10-12H,2-9H2,1H3. The van der Waals surface area contributed by atoms with Gasteiger partial charge in [0.05, 0.1) is 6.10 Å². The molecule has 1 aliphatic rings. The average molecular weight is 186 g/mol. The van der Waals surface area contributed by atoms with Gasteiger partial charge in [0.1, 0.15) is 0 Å². The van der Waals surface area contributed by atoms with Gasteiger partial charge in [-0.3, -0.25) is 0 Å². The topological polar surface area (TPSA) is 29.5 Å². The summed E-state index contributed by atoms with van der Waals surface area (Å²) in [4.78, 5) is 0. The summed E-state index contributed by atoms with van der Waals surface area (Å²) < 4.78 is 4.97. The van der Waals surface area contributed by atoms with Crippen molar-refractivity contribution in [1.82, 2.24) is 0 Å². The Balaban J connectivity index is 1.99. The Kier molecular flexibility index (Phi) is 5.40. The molecule has 0 aromatic heterocycles. The monoisotopic (exact) mass is 186 g/mol. The van der Waals surface area contributed by atoms with Gasteiger partial charge in [-0.05, 0) is 38.0 Å². The molecule has 0 radical (unpaired) electrons. The van der Waals surface area contributed by atoms with Crippen LogP contribution in [-0.4, -0.2) is 24.9 Å². The van der Waals surface area contributed by atoms with Crippen molar-refractivity contribution in [3.05, 3.63) is 0 Å². The van der Waals surface area contributed by atoms with Crippen LogP contribution in [0.3, 0.4) is 0 Å². The van der Waals surface area contributed by atoms with Gasteiger partial charge in [0, 0.05) is 13.7 Å². The van der Waals surface area contributed by atoms with Crippen LogP contribution < -0.4 is 0 Å². The molecule has 2 nitrogen and oxygen atoms in total. The minimum Gasteiger partial charge on any atom is -0.393 e. The van der Waals surface area contributed by atoms with Crippen LogP contribution in [0.1, 0.15) is 44.9 Å². The average Bonchev–Trinajstić information content (AvgIpc) is 2.65. The van der Waals surface area contributed by atoms with Crippen molar-refractivity contribution in [3.63, 3.8) is 0 Å². The lowest BCUT2D eigenvalue weighted by Gasteiger charge is -2.16. The van der Waals surface area contributed by atoms with Gasteiger partial charge in [0.2, 0.25) is 0 Å². The predicted octanol–water partition coefficient (Wildman–Crippen LogP) is 2.35. The van der Waals surface area contributed by atoms with E-state index in [0.717, 1.165) is 25.9 Å². The number of aliphatic hydroxyl groups excluding tert-OH is 1. The molecular weight excluding hydrogens is 164 g/mol. The van der Waals surface area contributed by atoms with Crippen LogP contribution >= 0.6 is 0 Å². The minimum atomic E-state index is -0.0423. The van der Waals surface area contributed by atoms with Crippen molar-refractivity contribution in [2.24, 2.45) is 5.92 Å². The van der Waals surface area contributed by atoms with E-state index in [9.17, 15) is 5.11 Å². The fraction of sp³-hybridized carbons (Fsp3) is 1.00. The summed E-state index contributed by atoms with van der Waals surface area (Å²) in [5.74, 6) is 0.600. The molecule has 0 amide bonds. The third kappa shape index (κ3) is 4.10. The van der Waals surface area contributed by atoms with Gasteiger partial charge in [-0.2, -0.15) is 0 Å². The first-order valence-corrected chi connectivity index (χ1v) is 5.51. The van der Waals surface area contributed by atoms with Crippen molar-refractivity contribution in [3.8, 4) is 0 Å². The van der Waals surface area contributed by atoms with Gasteiger partial charge < -0.3 is 9.84 Å². The molecular formula is C11H22O2. The summed E-state index contributed by atoms with van der Waals surface area (Å²) in [6.07, 6.45) is 8.23. The highest BCUT2D eigenvalue weighted by molar-refractivity contribution is 4.74. The molecule has 13 heavy (non-hydrogen) atoms. The third-order valence-corrected chi connectivity index (χ3v) is 3.04. The molecule has 1 atom stereocenters. The molecule has 1 saturated carbocycles. The van der Waals surface area contributed by atoms with Crippen LogP contribution in [0.2, 0.25) is 0 Å². The number of hydrogen-bond acceptors (Lipinski definition) is 2. The second kappa shape index (κ2) is 6.39. The summed E-state index contributed by atoms with van der Waals surface area (Å²) in [5.41, 5.74) is 0. The van der Waals surface area contributed by atoms with Gasteiger partial charge in [0.25, 0.3) is 0 Å². The number of ether oxygens (including phenoxy) is 1. The van der Waals surface area contributed by atoms with Gasteiger partial charge in [-0.25, -0.2) is 0 Å². The molecule has 1 rings (SSSR count). The van der Waals surface area contributed by atoms with E-state index in [-0.39, 0.29) is 6.10 Å². The van der Waals surface area contributed by atoms with Gasteiger partial charge in [-0.1, -0.05) is 12.8 Å². The third-order valence-electron chi connectivity index (χ3n) is 3.04. The van der Waals surface area contributed by atoms with E-state index >= 15 is 0 Å². The molecule has 78 valence electrons. The van der Waals surface area contributed by atoms with Crippen molar-refractivity contribution in [1.29, 1.82) is 0 Å². The minimum absolute atomic E-state index is 0.0423. The van der Waals surface area contributed by atoms with Crippen molar-refractivity contribution < 1.29 is 9.84 Å². The van der Waals surface area contributed by atoms with E-state index in [2.05, 4.69) is 0 Å². The van der Waals surface area contributed by atoms with Crippen molar-refractivity contribution in [2.75, 3.05) is 13.7 Å². The molecule has 0 aromatic carbocycles.